The van der Waals surface area contributed by atoms with E-state index in [1.807, 2.05) is 11.8 Å². The van der Waals surface area contributed by atoms with Crippen LogP contribution in [0.15, 0.2) is 0 Å². The minimum atomic E-state index is -0.112. The van der Waals surface area contributed by atoms with Gasteiger partial charge < -0.3 is 9.64 Å². The van der Waals surface area contributed by atoms with Gasteiger partial charge in [0.2, 0.25) is 5.91 Å². The molecule has 2 saturated heterocycles. The van der Waals surface area contributed by atoms with E-state index >= 15 is 0 Å². The van der Waals surface area contributed by atoms with Crippen LogP contribution >= 0.6 is 0 Å². The van der Waals surface area contributed by atoms with Gasteiger partial charge in [0.25, 0.3) is 0 Å². The minimum absolute atomic E-state index is 0.0529. The molecule has 0 aromatic rings. The molecule has 5 heteroatoms. The molecule has 0 spiro atoms. The smallest absolute Gasteiger partial charge is 0.310 e. The molecule has 2 aliphatic rings. The molecule has 0 bridgehead atoms. The van der Waals surface area contributed by atoms with Gasteiger partial charge in [0.15, 0.2) is 0 Å². The number of nitrogens with zero attached hydrogens (tertiary/aromatic N) is 2. The van der Waals surface area contributed by atoms with Gasteiger partial charge in [-0.05, 0) is 32.7 Å². The average Bonchev–Trinajstić information content (AvgIpc) is 2.27. The largest absolute Gasteiger partial charge is 0.466 e. The molecule has 0 radical (unpaired) electrons. The van der Waals surface area contributed by atoms with Crippen molar-refractivity contribution in [3.63, 3.8) is 0 Å². The Kier molecular flexibility index (Phi) is 4.58. The summed E-state index contributed by atoms with van der Waals surface area (Å²) in [5.41, 5.74) is 0. The summed E-state index contributed by atoms with van der Waals surface area (Å²) in [7, 11) is 0. The molecule has 0 aromatic heterocycles. The molecule has 0 N–H and O–H groups in total. The van der Waals surface area contributed by atoms with Crippen LogP contribution in [0.2, 0.25) is 0 Å². The number of esters is 1. The van der Waals surface area contributed by atoms with Gasteiger partial charge in [0, 0.05) is 19.6 Å². The van der Waals surface area contributed by atoms with E-state index in [0.717, 1.165) is 38.9 Å². The fraction of sp³-hybridized carbons (Fsp3) is 0.846. The van der Waals surface area contributed by atoms with Gasteiger partial charge in [-0.25, -0.2) is 0 Å². The summed E-state index contributed by atoms with van der Waals surface area (Å²) in [4.78, 5) is 27.5. The number of carbonyl (C=O) groups is 2. The summed E-state index contributed by atoms with van der Waals surface area (Å²) in [6, 6.07) is 0. The molecule has 0 aromatic carbocycles. The normalized spacial score (nSPS) is 24.5. The van der Waals surface area contributed by atoms with Crippen LogP contribution in [0.5, 0.6) is 0 Å². The Morgan fingerprint density at radius 1 is 1.22 bits per heavy atom. The van der Waals surface area contributed by atoms with Crippen molar-refractivity contribution in [2.45, 2.75) is 26.2 Å². The van der Waals surface area contributed by atoms with Crippen molar-refractivity contribution < 1.29 is 14.3 Å². The maximum atomic E-state index is 11.9. The van der Waals surface area contributed by atoms with Crippen molar-refractivity contribution in [3.05, 3.63) is 0 Å². The van der Waals surface area contributed by atoms with E-state index in [9.17, 15) is 9.59 Å². The molecule has 0 unspecified atom stereocenters. The maximum absolute atomic E-state index is 11.9. The summed E-state index contributed by atoms with van der Waals surface area (Å²) >= 11 is 0. The zero-order valence-corrected chi connectivity index (χ0v) is 11.1. The second-order valence-electron chi connectivity index (χ2n) is 5.06. The first-order valence-corrected chi connectivity index (χ1v) is 6.87. The van der Waals surface area contributed by atoms with Crippen molar-refractivity contribution in [3.8, 4) is 0 Å². The Morgan fingerprint density at radius 2 is 2.00 bits per heavy atom. The fourth-order valence-electron chi connectivity index (χ4n) is 2.51. The third-order valence-corrected chi connectivity index (χ3v) is 3.69. The lowest BCUT2D eigenvalue weighted by Crippen LogP contribution is -2.49. The molecule has 1 amide bonds. The lowest BCUT2D eigenvalue weighted by Gasteiger charge is -2.35. The molecule has 2 heterocycles. The van der Waals surface area contributed by atoms with Crippen molar-refractivity contribution in [2.24, 2.45) is 5.92 Å². The first-order valence-electron chi connectivity index (χ1n) is 6.87. The first-order chi connectivity index (χ1) is 8.70. The zero-order valence-electron chi connectivity index (χ0n) is 11.1. The molecular weight excluding hydrogens is 232 g/mol. The monoisotopic (exact) mass is 254 g/mol. The van der Waals surface area contributed by atoms with E-state index in [2.05, 4.69) is 4.90 Å². The fourth-order valence-corrected chi connectivity index (χ4v) is 2.51. The topological polar surface area (TPSA) is 49.9 Å². The van der Waals surface area contributed by atoms with Crippen LogP contribution < -0.4 is 0 Å². The highest BCUT2D eigenvalue weighted by Gasteiger charge is 2.29. The van der Waals surface area contributed by atoms with E-state index < -0.39 is 0 Å². The van der Waals surface area contributed by atoms with Crippen molar-refractivity contribution in [1.29, 1.82) is 0 Å². The van der Waals surface area contributed by atoms with Crippen LogP contribution in [-0.2, 0) is 14.3 Å². The Morgan fingerprint density at radius 3 is 2.61 bits per heavy atom. The van der Waals surface area contributed by atoms with E-state index in [1.165, 1.54) is 0 Å². The predicted octanol–water partition coefficient (Wildman–Crippen LogP) is 0.494. The molecule has 5 nitrogen and oxygen atoms in total. The molecule has 102 valence electrons. The number of hydrogen-bond acceptors (Lipinski definition) is 4. The van der Waals surface area contributed by atoms with Crippen molar-refractivity contribution >= 4 is 11.9 Å². The Bertz CT molecular complexity index is 315. The van der Waals surface area contributed by atoms with Crippen LogP contribution in [-0.4, -0.2) is 61.0 Å². The van der Waals surface area contributed by atoms with Crippen LogP contribution in [0.25, 0.3) is 0 Å². The highest BCUT2D eigenvalue weighted by atomic mass is 16.5. The highest BCUT2D eigenvalue weighted by molar-refractivity contribution is 5.79. The summed E-state index contributed by atoms with van der Waals surface area (Å²) in [6.07, 6.45) is 2.97. The van der Waals surface area contributed by atoms with Gasteiger partial charge in [-0.3, -0.25) is 14.5 Å². The number of carbonyl (C=O) groups excluding carboxylic acids is 2. The minimum Gasteiger partial charge on any atom is -0.466 e. The van der Waals surface area contributed by atoms with E-state index in [4.69, 9.17) is 4.74 Å². The summed E-state index contributed by atoms with van der Waals surface area (Å²) < 4.78 is 5.05. The molecule has 2 rings (SSSR count). The van der Waals surface area contributed by atoms with E-state index in [1.54, 1.807) is 0 Å². The van der Waals surface area contributed by atoms with Gasteiger partial charge in [0.05, 0.1) is 19.1 Å². The van der Waals surface area contributed by atoms with E-state index in [-0.39, 0.29) is 17.8 Å². The summed E-state index contributed by atoms with van der Waals surface area (Å²) in [5, 5.41) is 0. The van der Waals surface area contributed by atoms with Gasteiger partial charge >= 0.3 is 5.97 Å². The SMILES string of the molecule is CCOC(=O)[C@@H]1CCCN(CC(=O)N2CCC2)C1. The number of ether oxygens (including phenoxy) is 1. The third-order valence-electron chi connectivity index (χ3n) is 3.69. The molecule has 0 saturated carbocycles. The number of amides is 1. The standard InChI is InChI=1S/C13H22N2O3/c1-2-18-13(17)11-5-3-6-14(9-11)10-12(16)15-7-4-8-15/h11H,2-10H2,1H3/t11-/m1/s1. The number of likely N-dealkylation sites (tertiary alicyclic amines) is 2. The summed E-state index contributed by atoms with van der Waals surface area (Å²) in [6.45, 7) is 6.08. The Labute approximate surface area is 108 Å². The lowest BCUT2D eigenvalue weighted by molar-refractivity contribution is -0.151. The first kappa shape index (κ1) is 13.3. The van der Waals surface area contributed by atoms with Gasteiger partial charge in [-0.15, -0.1) is 0 Å². The molecule has 2 aliphatic heterocycles. The predicted molar refractivity (Wildman–Crippen MR) is 67.0 cm³/mol. The van der Waals surface area contributed by atoms with Crippen LogP contribution in [0.4, 0.5) is 0 Å². The second kappa shape index (κ2) is 6.18. The molecule has 2 fully saturated rings. The number of rotatable bonds is 4. The zero-order chi connectivity index (χ0) is 13.0. The maximum Gasteiger partial charge on any atom is 0.310 e. The molecule has 18 heavy (non-hydrogen) atoms. The second-order valence-corrected chi connectivity index (χ2v) is 5.06. The Balaban J connectivity index is 1.78. The Hall–Kier alpha value is -1.10. The van der Waals surface area contributed by atoms with Crippen molar-refractivity contribution in [2.75, 3.05) is 39.3 Å². The highest BCUT2D eigenvalue weighted by Crippen LogP contribution is 2.18. The van der Waals surface area contributed by atoms with Gasteiger partial charge in [-0.1, -0.05) is 0 Å². The van der Waals surface area contributed by atoms with Crippen LogP contribution in [0, 0.1) is 5.92 Å². The summed E-state index contributed by atoms with van der Waals surface area (Å²) in [5.74, 6) is 0.0345. The number of piperidine rings is 1. The van der Waals surface area contributed by atoms with E-state index in [0.29, 0.717) is 19.7 Å². The number of hydrogen-bond donors (Lipinski definition) is 0. The van der Waals surface area contributed by atoms with Gasteiger partial charge in [-0.2, -0.15) is 0 Å². The lowest BCUT2D eigenvalue weighted by atomic mass is 9.98. The molecular formula is C13H22N2O3. The quantitative estimate of drug-likeness (QED) is 0.685. The van der Waals surface area contributed by atoms with Crippen LogP contribution in [0.3, 0.4) is 0 Å². The van der Waals surface area contributed by atoms with Crippen LogP contribution in [0.1, 0.15) is 26.2 Å². The van der Waals surface area contributed by atoms with Gasteiger partial charge in [0.1, 0.15) is 0 Å². The average molecular weight is 254 g/mol. The molecule has 1 atom stereocenters. The third kappa shape index (κ3) is 3.22. The van der Waals surface area contributed by atoms with Crippen molar-refractivity contribution in [1.82, 2.24) is 9.80 Å². The molecule has 0 aliphatic carbocycles.